The summed E-state index contributed by atoms with van der Waals surface area (Å²) in [5.74, 6) is 0.0173. The van der Waals surface area contributed by atoms with Crippen LogP contribution in [-0.2, 0) is 44.8 Å². The Morgan fingerprint density at radius 3 is 1.41 bits per heavy atom. The van der Waals surface area contributed by atoms with Crippen LogP contribution < -0.4 is 0 Å². The number of aryl methyl sites for hydroxylation is 1. The van der Waals surface area contributed by atoms with E-state index in [0.29, 0.717) is 54.4 Å². The number of para-hydroxylation sites is 5. The lowest BCUT2D eigenvalue weighted by atomic mass is 9.86. The minimum Gasteiger partial charge on any atom is -0.334 e. The number of alkyl halides is 9. The van der Waals surface area contributed by atoms with Gasteiger partial charge in [0.2, 0.25) is 0 Å². The lowest BCUT2D eigenvalue weighted by Crippen LogP contribution is -2.38. The fraction of sp³-hybridized carbons (Fsp3) is 0.403. The molecule has 472 valence electrons. The molecule has 6 aliphatic rings. The van der Waals surface area contributed by atoms with Gasteiger partial charge in [-0.3, -0.25) is 29.3 Å². The number of carbonyl (C=O) groups is 3. The number of benzene rings is 3. The number of hydrogen-bond acceptors (Lipinski definition) is 13. The molecule has 0 radical (unpaired) electrons. The molecule has 15 rings (SSSR count). The van der Waals surface area contributed by atoms with E-state index < -0.39 is 41.4 Å². The van der Waals surface area contributed by atoms with Crippen LogP contribution in [0.25, 0.3) is 27.8 Å². The Hall–Kier alpha value is -9.31. The maximum absolute atomic E-state index is 14.6. The van der Waals surface area contributed by atoms with Gasteiger partial charge >= 0.3 is 18.5 Å². The number of aromatic nitrogens is 13. The van der Waals surface area contributed by atoms with Crippen molar-refractivity contribution in [3.8, 4) is 5.69 Å². The molecule has 9 atom stereocenters. The number of imidazole rings is 2. The van der Waals surface area contributed by atoms with E-state index in [4.69, 9.17) is 0 Å². The third-order valence-electron chi connectivity index (χ3n) is 18.5. The molecular formula is C62H56F10N16O3. The molecule has 3 aromatic carbocycles. The van der Waals surface area contributed by atoms with Gasteiger partial charge in [0.25, 0.3) is 17.7 Å². The van der Waals surface area contributed by atoms with Gasteiger partial charge in [-0.05, 0) is 131 Å². The predicted octanol–water partition coefficient (Wildman–Crippen LogP) is 10.7. The monoisotopic (exact) mass is 1260 g/mol. The van der Waals surface area contributed by atoms with E-state index in [1.165, 1.54) is 36.9 Å². The lowest BCUT2D eigenvalue weighted by molar-refractivity contribution is -0.142. The molecule has 0 saturated carbocycles. The standard InChI is InChI=1S/C21H18F4N6O.C21H20F3N5O.C20H18F3N5O/c22-16-3-1-2-15(19(16)31-28-6-7-29-31)20(32)30-14-4-5-17(30)12(9-14)8-13-10-27-18(11-26-13)21(23,24)25;1-28-17-5-3-2-4-15(17)27-19(28)20(30)29-14-6-7-16(29)12(9-14)8-13-10-26-18(11-25-13)21(22,23)24;21-20(22,23)17-10-24-12(9-25-17)7-11-8-13-5-6-16(11)28(13)19(29)18-26-14-3-1-2-4-15(14)27-18/h1-3,6-7,10-12,14,17H,4-5,8-9H2;2-5,10-12,14,16H,6-9H2,1H3;1-4,9-11,13,16H,5-8H2,(H,26,27). The Morgan fingerprint density at radius 1 is 0.505 bits per heavy atom. The van der Waals surface area contributed by atoms with Crippen molar-refractivity contribution in [2.45, 2.75) is 132 Å². The highest BCUT2D eigenvalue weighted by Gasteiger charge is 2.52. The summed E-state index contributed by atoms with van der Waals surface area (Å²) in [6, 6.07) is 19.6. The van der Waals surface area contributed by atoms with Crippen molar-refractivity contribution >= 4 is 39.8 Å². The quantitative estimate of drug-likeness (QED) is 0.126. The maximum Gasteiger partial charge on any atom is 0.434 e. The first kappa shape index (κ1) is 60.6. The number of hydrogen-bond donors (Lipinski definition) is 1. The van der Waals surface area contributed by atoms with Gasteiger partial charge in [0, 0.05) is 61.9 Å². The second-order valence-electron chi connectivity index (χ2n) is 23.8. The van der Waals surface area contributed by atoms with Crippen LogP contribution in [-0.4, -0.2) is 133 Å². The summed E-state index contributed by atoms with van der Waals surface area (Å²) in [7, 11) is 1.84. The molecule has 9 unspecified atom stereocenters. The molecular weight excluding hydrogens is 1210 g/mol. The van der Waals surface area contributed by atoms with E-state index >= 15 is 0 Å². The number of nitrogens with zero attached hydrogens (tertiary/aromatic N) is 15. The number of nitrogens with one attached hydrogen (secondary N) is 1. The summed E-state index contributed by atoms with van der Waals surface area (Å²) in [5.41, 5.74) is 1.92. The molecule has 19 nitrogen and oxygen atoms in total. The number of amides is 3. The van der Waals surface area contributed by atoms with E-state index in [1.54, 1.807) is 11.0 Å². The van der Waals surface area contributed by atoms with Crippen LogP contribution >= 0.6 is 0 Å². The molecule has 1 N–H and O–H groups in total. The van der Waals surface area contributed by atoms with E-state index in [0.717, 1.165) is 103 Å². The van der Waals surface area contributed by atoms with Crippen molar-refractivity contribution in [2.24, 2.45) is 24.8 Å². The van der Waals surface area contributed by atoms with Crippen LogP contribution in [0.1, 0.15) is 124 Å². The maximum atomic E-state index is 14.6. The second kappa shape index (κ2) is 23.8. The van der Waals surface area contributed by atoms with Gasteiger partial charge in [0.15, 0.2) is 34.5 Å². The van der Waals surface area contributed by atoms with Crippen molar-refractivity contribution in [2.75, 3.05) is 0 Å². The number of fused-ring (bicyclic) bond motifs is 8. The van der Waals surface area contributed by atoms with E-state index in [9.17, 15) is 58.3 Å². The zero-order chi connectivity index (χ0) is 63.7. The molecule has 9 aromatic rings. The van der Waals surface area contributed by atoms with E-state index in [-0.39, 0.29) is 83.0 Å². The Bertz CT molecular complexity index is 4110. The summed E-state index contributed by atoms with van der Waals surface area (Å²) in [6.07, 6.45) is 4.18. The highest BCUT2D eigenvalue weighted by atomic mass is 19.4. The fourth-order valence-corrected chi connectivity index (χ4v) is 14.6. The highest BCUT2D eigenvalue weighted by molar-refractivity contribution is 5.99. The highest BCUT2D eigenvalue weighted by Crippen LogP contribution is 2.47. The van der Waals surface area contributed by atoms with Crippen LogP contribution in [0.5, 0.6) is 0 Å². The topological polar surface area (TPSA) is 215 Å². The molecule has 0 spiro atoms. The van der Waals surface area contributed by atoms with E-state index in [1.807, 2.05) is 69.9 Å². The fourth-order valence-electron chi connectivity index (χ4n) is 14.6. The number of rotatable bonds is 10. The number of H-pyrrole nitrogens is 1. The van der Waals surface area contributed by atoms with Crippen LogP contribution in [0, 0.1) is 23.6 Å². The SMILES string of the molecule is Cn1c(C(=O)N2C3CCC2C(Cc2cnc(C(F)(F)F)cn2)C3)nc2ccccc21.O=C(c1cccc(F)c1-n1nccn1)N1C2CCC1C(Cc1cnc(C(F)(F)F)cn1)C2.O=C(c1nc2ccccc2[nH]1)N1C2CCC1C(Cc1cnc(C(F)(F)F)cn1)C2. The predicted molar refractivity (Wildman–Crippen MR) is 304 cm³/mol. The number of aromatic amines is 1. The molecule has 29 heteroatoms. The Labute approximate surface area is 511 Å². The number of halogens is 10. The van der Waals surface area contributed by atoms with Gasteiger partial charge < -0.3 is 24.3 Å². The van der Waals surface area contributed by atoms with E-state index in [2.05, 4.69) is 55.1 Å². The Balaban J connectivity index is 0.000000125. The first-order valence-corrected chi connectivity index (χ1v) is 29.7. The summed E-state index contributed by atoms with van der Waals surface area (Å²) >= 11 is 0. The molecule has 6 bridgehead atoms. The molecule has 6 saturated heterocycles. The van der Waals surface area contributed by atoms with Crippen LogP contribution in [0.2, 0.25) is 0 Å². The summed E-state index contributed by atoms with van der Waals surface area (Å²) in [4.78, 5) is 81.0. The molecule has 3 amide bonds. The zero-order valence-electron chi connectivity index (χ0n) is 48.4. The average Bonchev–Trinajstić information content (AvgIpc) is 1.64. The van der Waals surface area contributed by atoms with Crippen molar-refractivity contribution in [3.63, 3.8) is 0 Å². The van der Waals surface area contributed by atoms with Crippen LogP contribution in [0.15, 0.2) is 116 Å². The minimum atomic E-state index is -4.53. The Kier molecular flexibility index (Phi) is 15.9. The molecule has 12 heterocycles. The first-order valence-electron chi connectivity index (χ1n) is 29.7. The lowest BCUT2D eigenvalue weighted by Gasteiger charge is -2.25. The van der Waals surface area contributed by atoms with Gasteiger partial charge in [-0.1, -0.05) is 30.3 Å². The van der Waals surface area contributed by atoms with Crippen molar-refractivity contribution in [1.82, 2.24) is 79.1 Å². The molecule has 6 fully saturated rings. The number of carbonyl (C=O) groups excluding carboxylic acids is 3. The van der Waals surface area contributed by atoms with Crippen LogP contribution in [0.3, 0.4) is 0 Å². The van der Waals surface area contributed by atoms with Crippen LogP contribution in [0.4, 0.5) is 43.9 Å². The van der Waals surface area contributed by atoms with Gasteiger partial charge in [-0.25, -0.2) is 29.3 Å². The molecule has 6 aliphatic heterocycles. The summed E-state index contributed by atoms with van der Waals surface area (Å²) in [6.45, 7) is 0. The third kappa shape index (κ3) is 11.9. The molecule has 0 aliphatic carbocycles. The van der Waals surface area contributed by atoms with Crippen molar-refractivity contribution in [1.29, 1.82) is 0 Å². The van der Waals surface area contributed by atoms with Crippen molar-refractivity contribution in [3.05, 3.63) is 173 Å². The molecule has 6 aromatic heterocycles. The smallest absolute Gasteiger partial charge is 0.334 e. The average molecular weight is 1260 g/mol. The van der Waals surface area contributed by atoms with Gasteiger partial charge in [-0.15, -0.1) is 4.80 Å². The van der Waals surface area contributed by atoms with Crippen molar-refractivity contribution < 1.29 is 58.3 Å². The van der Waals surface area contributed by atoms with Gasteiger partial charge in [0.1, 0.15) is 5.69 Å². The van der Waals surface area contributed by atoms with Gasteiger partial charge in [-0.2, -0.15) is 49.7 Å². The molecule has 91 heavy (non-hydrogen) atoms. The zero-order valence-corrected chi connectivity index (χ0v) is 48.4. The van der Waals surface area contributed by atoms with Gasteiger partial charge in [0.05, 0.1) is 75.7 Å². The minimum absolute atomic E-state index is 0.000967. The Morgan fingerprint density at radius 2 is 0.956 bits per heavy atom. The largest absolute Gasteiger partial charge is 0.434 e. The summed E-state index contributed by atoms with van der Waals surface area (Å²) in [5, 5.41) is 7.93. The first-order chi connectivity index (χ1) is 43.5. The summed E-state index contributed by atoms with van der Waals surface area (Å²) < 4.78 is 131. The normalized spacial score (nSPS) is 23.2. The third-order valence-corrected chi connectivity index (χ3v) is 18.5. The second-order valence-corrected chi connectivity index (χ2v) is 23.8.